The molecule has 0 fully saturated rings. The molecule has 0 bridgehead atoms. The van der Waals surface area contributed by atoms with Crippen LogP contribution >= 0.6 is 0 Å². The number of carbonyl (C=O) groups excluding carboxylic acids is 2. The Balaban J connectivity index is 3.64. The topological polar surface area (TPSA) is 113 Å². The number of carbonyl (C=O) groups is 2. The molecule has 42 heavy (non-hydrogen) atoms. The number of aliphatic hydroxyl groups is 3. The molecule has 2 unspecified atom stereocenters. The van der Waals surface area contributed by atoms with Crippen LogP contribution in [0.5, 0.6) is 0 Å². The highest BCUT2D eigenvalue weighted by Gasteiger charge is 2.20. The third-order valence-electron chi connectivity index (χ3n) is 8.04. The minimum Gasteiger partial charge on any atom is -0.461 e. The number of rotatable bonds is 32. The van der Waals surface area contributed by atoms with E-state index in [-0.39, 0.29) is 13.2 Å². The summed E-state index contributed by atoms with van der Waals surface area (Å²) in [5.74, 6) is -1.54. The molecular weight excluding hydrogens is 532 g/mol. The van der Waals surface area contributed by atoms with Gasteiger partial charge in [0.15, 0.2) is 12.2 Å². The highest BCUT2D eigenvalue weighted by Crippen LogP contribution is 2.15. The number of unbranched alkanes of at least 4 members (excludes halogenated alkanes) is 22. The van der Waals surface area contributed by atoms with Crippen molar-refractivity contribution in [2.75, 3.05) is 13.2 Å². The molecule has 3 N–H and O–H groups in total. The van der Waals surface area contributed by atoms with Gasteiger partial charge in [0.25, 0.3) is 0 Å². The van der Waals surface area contributed by atoms with Crippen LogP contribution in [-0.2, 0) is 19.1 Å². The second-order valence-corrected chi connectivity index (χ2v) is 12.3. The first kappa shape index (κ1) is 40.8. The van der Waals surface area contributed by atoms with Gasteiger partial charge in [-0.05, 0) is 12.8 Å². The molecule has 0 amide bonds. The molecule has 0 spiro atoms. The van der Waals surface area contributed by atoms with E-state index in [9.17, 15) is 24.9 Å². The first-order chi connectivity index (χ1) is 20.4. The predicted octanol–water partition coefficient (Wildman–Crippen LogP) is 8.34. The summed E-state index contributed by atoms with van der Waals surface area (Å²) < 4.78 is 9.94. The second kappa shape index (κ2) is 31.3. The van der Waals surface area contributed by atoms with Crippen molar-refractivity contribution < 1.29 is 34.4 Å². The molecule has 0 aliphatic heterocycles. The van der Waals surface area contributed by atoms with Crippen LogP contribution in [0.15, 0.2) is 0 Å². The van der Waals surface area contributed by atoms with Crippen LogP contribution in [0.1, 0.15) is 181 Å². The summed E-state index contributed by atoms with van der Waals surface area (Å²) in [6.45, 7) is 3.75. The van der Waals surface area contributed by atoms with Gasteiger partial charge in [0.05, 0.1) is 0 Å². The van der Waals surface area contributed by atoms with E-state index in [2.05, 4.69) is 13.8 Å². The Kier molecular flexibility index (Phi) is 30.4. The van der Waals surface area contributed by atoms with Gasteiger partial charge in [-0.15, -0.1) is 0 Å². The normalized spacial score (nSPS) is 13.5. The Morgan fingerprint density at radius 1 is 0.429 bits per heavy atom. The standard InChI is InChI=1S/C35H68O7/c1-3-5-7-9-11-13-15-17-19-21-23-25-27-32(37)34(39)41-29-31(36)30-42-35(40)33(38)28-26-24-22-20-18-16-14-12-10-8-6-4-2/h31-33,36-38H,3-30H2,1-2H3. The van der Waals surface area contributed by atoms with E-state index in [1.54, 1.807) is 0 Å². The van der Waals surface area contributed by atoms with Crippen LogP contribution in [-0.4, -0.2) is 58.8 Å². The fourth-order valence-corrected chi connectivity index (χ4v) is 5.19. The molecule has 250 valence electrons. The molecule has 0 aliphatic rings. The molecule has 0 aromatic heterocycles. The Hall–Kier alpha value is -1.18. The Morgan fingerprint density at radius 3 is 0.929 bits per heavy atom. The van der Waals surface area contributed by atoms with Gasteiger partial charge in [-0.2, -0.15) is 0 Å². The zero-order valence-electron chi connectivity index (χ0n) is 27.5. The fourth-order valence-electron chi connectivity index (χ4n) is 5.19. The van der Waals surface area contributed by atoms with Gasteiger partial charge in [0.1, 0.15) is 19.3 Å². The van der Waals surface area contributed by atoms with Gasteiger partial charge in [0, 0.05) is 0 Å². The highest BCUT2D eigenvalue weighted by molar-refractivity contribution is 5.74. The minimum atomic E-state index is -1.21. The minimum absolute atomic E-state index is 0.340. The van der Waals surface area contributed by atoms with E-state index in [0.717, 1.165) is 38.5 Å². The number of hydrogen-bond donors (Lipinski definition) is 3. The maximum absolute atomic E-state index is 12.0. The van der Waals surface area contributed by atoms with Gasteiger partial charge in [0.2, 0.25) is 0 Å². The van der Waals surface area contributed by atoms with Gasteiger partial charge in [-0.3, -0.25) is 0 Å². The first-order valence-corrected chi connectivity index (χ1v) is 17.8. The molecule has 0 aromatic carbocycles. The number of hydrogen-bond acceptors (Lipinski definition) is 7. The van der Waals surface area contributed by atoms with Crippen molar-refractivity contribution in [1.82, 2.24) is 0 Å². The maximum atomic E-state index is 12.0. The fraction of sp³-hybridized carbons (Fsp3) is 0.943. The first-order valence-electron chi connectivity index (χ1n) is 17.8. The average Bonchev–Trinajstić information content (AvgIpc) is 2.99. The lowest BCUT2D eigenvalue weighted by Gasteiger charge is -2.15. The van der Waals surface area contributed by atoms with Crippen molar-refractivity contribution in [3.8, 4) is 0 Å². The summed E-state index contributed by atoms with van der Waals surface area (Å²) in [4.78, 5) is 24.0. The third kappa shape index (κ3) is 27.6. The largest absolute Gasteiger partial charge is 0.461 e. The molecular formula is C35H68O7. The summed E-state index contributed by atoms with van der Waals surface area (Å²) in [6.07, 6.45) is 26.2. The summed E-state index contributed by atoms with van der Waals surface area (Å²) in [7, 11) is 0. The van der Waals surface area contributed by atoms with Crippen molar-refractivity contribution in [3.63, 3.8) is 0 Å². The molecule has 0 aliphatic carbocycles. The van der Waals surface area contributed by atoms with Gasteiger partial charge < -0.3 is 24.8 Å². The van der Waals surface area contributed by atoms with Gasteiger partial charge >= 0.3 is 11.9 Å². The van der Waals surface area contributed by atoms with E-state index in [1.165, 1.54) is 116 Å². The molecule has 7 nitrogen and oxygen atoms in total. The summed E-state index contributed by atoms with van der Waals surface area (Å²) in [5, 5.41) is 30.0. The summed E-state index contributed by atoms with van der Waals surface area (Å²) >= 11 is 0. The van der Waals surface area contributed by atoms with E-state index in [4.69, 9.17) is 9.47 Å². The monoisotopic (exact) mass is 600 g/mol. The lowest BCUT2D eigenvalue weighted by atomic mass is 10.0. The lowest BCUT2D eigenvalue weighted by Crippen LogP contribution is -2.32. The van der Waals surface area contributed by atoms with Crippen molar-refractivity contribution in [2.45, 2.75) is 199 Å². The molecule has 0 radical (unpaired) electrons. The quantitative estimate of drug-likeness (QED) is 0.0525. The van der Waals surface area contributed by atoms with Crippen LogP contribution in [0.3, 0.4) is 0 Å². The average molecular weight is 601 g/mol. The molecule has 0 rings (SSSR count). The number of esters is 2. The van der Waals surface area contributed by atoms with E-state index in [0.29, 0.717) is 12.8 Å². The highest BCUT2D eigenvalue weighted by atomic mass is 16.6. The molecule has 0 aromatic rings. The van der Waals surface area contributed by atoms with Crippen LogP contribution in [0, 0.1) is 0 Å². The number of ether oxygens (including phenoxy) is 2. The van der Waals surface area contributed by atoms with Gasteiger partial charge in [-0.1, -0.05) is 168 Å². The Bertz CT molecular complexity index is 548. The van der Waals surface area contributed by atoms with Crippen LogP contribution < -0.4 is 0 Å². The Labute approximate surface area is 258 Å². The van der Waals surface area contributed by atoms with Gasteiger partial charge in [-0.25, -0.2) is 9.59 Å². The van der Waals surface area contributed by atoms with E-state index >= 15 is 0 Å². The smallest absolute Gasteiger partial charge is 0.335 e. The van der Waals surface area contributed by atoms with Crippen LogP contribution in [0.25, 0.3) is 0 Å². The Morgan fingerprint density at radius 2 is 0.667 bits per heavy atom. The van der Waals surface area contributed by atoms with E-state index < -0.39 is 30.3 Å². The summed E-state index contributed by atoms with van der Waals surface area (Å²) in [5.41, 5.74) is 0. The number of aliphatic hydroxyl groups excluding tert-OH is 3. The SMILES string of the molecule is CCCCCCCCCCCCCCC(O)C(=O)OCC(O)COC(=O)C(O)CCCCCCCCCCCCCC. The lowest BCUT2D eigenvalue weighted by molar-refractivity contribution is -0.162. The van der Waals surface area contributed by atoms with Crippen molar-refractivity contribution in [2.24, 2.45) is 0 Å². The third-order valence-corrected chi connectivity index (χ3v) is 8.04. The van der Waals surface area contributed by atoms with Crippen molar-refractivity contribution in [3.05, 3.63) is 0 Å². The van der Waals surface area contributed by atoms with Crippen LogP contribution in [0.2, 0.25) is 0 Å². The second-order valence-electron chi connectivity index (χ2n) is 12.3. The predicted molar refractivity (Wildman–Crippen MR) is 171 cm³/mol. The molecule has 7 heteroatoms. The maximum Gasteiger partial charge on any atom is 0.335 e. The molecule has 0 heterocycles. The molecule has 0 saturated carbocycles. The van der Waals surface area contributed by atoms with E-state index in [1.807, 2.05) is 0 Å². The molecule has 0 saturated heterocycles. The zero-order valence-corrected chi connectivity index (χ0v) is 27.5. The zero-order chi connectivity index (χ0) is 31.1. The molecule has 2 atom stereocenters. The van der Waals surface area contributed by atoms with Crippen molar-refractivity contribution >= 4 is 11.9 Å². The van der Waals surface area contributed by atoms with Crippen LogP contribution in [0.4, 0.5) is 0 Å². The van der Waals surface area contributed by atoms with Crippen molar-refractivity contribution in [1.29, 1.82) is 0 Å². The summed E-state index contributed by atoms with van der Waals surface area (Å²) in [6, 6.07) is 0.